The highest BCUT2D eigenvalue weighted by Gasteiger charge is 2.13. The van der Waals surface area contributed by atoms with Crippen molar-refractivity contribution in [1.82, 2.24) is 9.13 Å². The summed E-state index contributed by atoms with van der Waals surface area (Å²) in [6.45, 7) is 5.46. The van der Waals surface area contributed by atoms with E-state index in [4.69, 9.17) is 0 Å². The van der Waals surface area contributed by atoms with Crippen LogP contribution in [-0.4, -0.2) is 22.1 Å². The molecule has 0 radical (unpaired) electrons. The van der Waals surface area contributed by atoms with Gasteiger partial charge < -0.3 is 9.13 Å². The van der Waals surface area contributed by atoms with Crippen LogP contribution in [0, 0.1) is 0 Å². The minimum Gasteiger partial charge on any atom is -0.315 e. The van der Waals surface area contributed by atoms with Crippen molar-refractivity contribution in [3.05, 3.63) is 46.0 Å². The van der Waals surface area contributed by atoms with Crippen molar-refractivity contribution in [2.75, 3.05) is 0 Å². The van der Waals surface area contributed by atoms with Crippen molar-refractivity contribution < 1.29 is 13.0 Å². The minimum absolute atomic E-state index is 0.131. The maximum absolute atomic E-state index is 11.4. The standard InChI is InChI=1S/C18H18N4O3S4/c1-3-21-13-7-5-11(26)9-15(13)27-17(21)19-20-18-22(4-2)14-8-6-12(29(23,24)25)10-16(14)28-18/h5-10,26H,3-4H2,1-2H3,(H,23,24,25). The molecule has 2 aromatic carbocycles. The van der Waals surface area contributed by atoms with Crippen LogP contribution in [0.1, 0.15) is 13.8 Å². The molecule has 0 fully saturated rings. The van der Waals surface area contributed by atoms with Crippen LogP contribution in [0.4, 0.5) is 0 Å². The number of rotatable bonds is 4. The fourth-order valence-electron chi connectivity index (χ4n) is 3.13. The van der Waals surface area contributed by atoms with Gasteiger partial charge in [-0.3, -0.25) is 4.55 Å². The van der Waals surface area contributed by atoms with E-state index in [1.54, 1.807) is 17.4 Å². The van der Waals surface area contributed by atoms with Gasteiger partial charge >= 0.3 is 0 Å². The van der Waals surface area contributed by atoms with E-state index in [1.165, 1.54) is 23.5 Å². The molecule has 4 aromatic rings. The Morgan fingerprint density at radius 2 is 1.45 bits per heavy atom. The molecule has 1 N–H and O–H groups in total. The van der Waals surface area contributed by atoms with Gasteiger partial charge in [0.25, 0.3) is 10.1 Å². The number of aryl methyl sites for hydroxylation is 2. The summed E-state index contributed by atoms with van der Waals surface area (Å²) in [6, 6.07) is 10.5. The van der Waals surface area contributed by atoms with Gasteiger partial charge in [-0.2, -0.15) is 8.42 Å². The summed E-state index contributed by atoms with van der Waals surface area (Å²) in [4.78, 5) is 2.20. The lowest BCUT2D eigenvalue weighted by Crippen LogP contribution is -2.16. The third kappa shape index (κ3) is 3.80. The molecule has 152 valence electrons. The minimum atomic E-state index is -4.25. The Labute approximate surface area is 180 Å². The van der Waals surface area contributed by atoms with Crippen LogP contribution in [0.25, 0.3) is 20.4 Å². The maximum Gasteiger partial charge on any atom is 0.294 e. The summed E-state index contributed by atoms with van der Waals surface area (Å²) in [5.41, 5.74) is 1.93. The van der Waals surface area contributed by atoms with E-state index in [2.05, 4.69) is 34.3 Å². The smallest absolute Gasteiger partial charge is 0.294 e. The Morgan fingerprint density at radius 3 is 1.97 bits per heavy atom. The molecule has 0 saturated carbocycles. The van der Waals surface area contributed by atoms with Gasteiger partial charge in [0.05, 0.1) is 25.3 Å². The SMILES string of the molecule is CCn1c(=NN=c2sc3cc(S(=O)(=O)O)ccc3n2CC)sc2cc(S)ccc21. The fourth-order valence-corrected chi connectivity index (χ4v) is 6.17. The van der Waals surface area contributed by atoms with Crippen LogP contribution < -0.4 is 9.60 Å². The highest BCUT2D eigenvalue weighted by Crippen LogP contribution is 2.22. The first-order valence-corrected chi connectivity index (χ1v) is 12.3. The number of thiazole rings is 2. The van der Waals surface area contributed by atoms with Gasteiger partial charge in [0, 0.05) is 18.0 Å². The van der Waals surface area contributed by atoms with E-state index in [-0.39, 0.29) is 4.90 Å². The molecule has 0 aliphatic carbocycles. The Balaban J connectivity index is 1.94. The molecule has 0 saturated heterocycles. The third-order valence-corrected chi connectivity index (χ3v) is 7.66. The maximum atomic E-state index is 11.4. The molecule has 0 aliphatic heterocycles. The monoisotopic (exact) mass is 466 g/mol. The van der Waals surface area contributed by atoms with E-state index in [0.717, 1.165) is 36.7 Å². The zero-order chi connectivity index (χ0) is 20.8. The quantitative estimate of drug-likeness (QED) is 0.273. The molecule has 4 rings (SSSR count). The van der Waals surface area contributed by atoms with Gasteiger partial charge in [-0.1, -0.05) is 22.7 Å². The highest BCUT2D eigenvalue weighted by atomic mass is 32.2. The predicted molar refractivity (Wildman–Crippen MR) is 119 cm³/mol. The summed E-state index contributed by atoms with van der Waals surface area (Å²) in [7, 11) is -4.25. The lowest BCUT2D eigenvalue weighted by molar-refractivity contribution is 0.483. The Morgan fingerprint density at radius 1 is 0.931 bits per heavy atom. The molecular weight excluding hydrogens is 448 g/mol. The second-order valence-corrected chi connectivity index (χ2v) is 10.2. The van der Waals surface area contributed by atoms with E-state index in [9.17, 15) is 13.0 Å². The Kier molecular flexibility index (Phi) is 5.42. The molecule has 0 unspecified atom stereocenters. The summed E-state index contributed by atoms with van der Waals surface area (Å²) in [5.74, 6) is 0. The average molecular weight is 467 g/mol. The predicted octanol–water partition coefficient (Wildman–Crippen LogP) is 3.71. The average Bonchev–Trinajstić information content (AvgIpc) is 3.21. The number of benzene rings is 2. The third-order valence-electron chi connectivity index (χ3n) is 4.47. The second-order valence-electron chi connectivity index (χ2n) is 6.21. The molecule has 0 spiro atoms. The zero-order valence-electron chi connectivity index (χ0n) is 15.6. The summed E-state index contributed by atoms with van der Waals surface area (Å²) in [6.07, 6.45) is 0. The van der Waals surface area contributed by atoms with Crippen LogP contribution in [0.5, 0.6) is 0 Å². The molecule has 0 amide bonds. The summed E-state index contributed by atoms with van der Waals surface area (Å²) >= 11 is 7.28. The summed E-state index contributed by atoms with van der Waals surface area (Å²) < 4.78 is 38.0. The first-order valence-electron chi connectivity index (χ1n) is 8.82. The fraction of sp³-hybridized carbons (Fsp3) is 0.222. The molecule has 11 heteroatoms. The first kappa shape index (κ1) is 20.4. The van der Waals surface area contributed by atoms with Crippen LogP contribution in [0.15, 0.2) is 56.4 Å². The molecule has 0 bridgehead atoms. The van der Waals surface area contributed by atoms with E-state index >= 15 is 0 Å². The van der Waals surface area contributed by atoms with E-state index in [1.807, 2.05) is 29.7 Å². The lowest BCUT2D eigenvalue weighted by atomic mass is 10.3. The van der Waals surface area contributed by atoms with Gasteiger partial charge in [0.1, 0.15) is 0 Å². The van der Waals surface area contributed by atoms with Crippen molar-refractivity contribution in [1.29, 1.82) is 0 Å². The van der Waals surface area contributed by atoms with E-state index < -0.39 is 10.1 Å². The normalized spacial score (nSPS) is 13.8. The van der Waals surface area contributed by atoms with Crippen molar-refractivity contribution in [3.8, 4) is 0 Å². The Hall–Kier alpha value is -1.92. The number of nitrogens with zero attached hydrogens (tertiary/aromatic N) is 4. The number of aromatic nitrogens is 2. The summed E-state index contributed by atoms with van der Waals surface area (Å²) in [5, 5.41) is 8.96. The molecule has 7 nitrogen and oxygen atoms in total. The van der Waals surface area contributed by atoms with Crippen LogP contribution in [-0.2, 0) is 23.2 Å². The van der Waals surface area contributed by atoms with Crippen LogP contribution in [0.3, 0.4) is 0 Å². The van der Waals surface area contributed by atoms with Crippen LogP contribution >= 0.6 is 35.3 Å². The number of hydrogen-bond donors (Lipinski definition) is 2. The largest absolute Gasteiger partial charge is 0.315 e. The molecule has 2 aromatic heterocycles. The van der Waals surface area contributed by atoms with Crippen molar-refractivity contribution in [3.63, 3.8) is 0 Å². The van der Waals surface area contributed by atoms with Gasteiger partial charge in [-0.15, -0.1) is 22.8 Å². The van der Waals surface area contributed by atoms with E-state index in [0.29, 0.717) is 11.3 Å². The van der Waals surface area contributed by atoms with Crippen LogP contribution in [0.2, 0.25) is 0 Å². The number of hydrogen-bond acceptors (Lipinski definition) is 7. The number of fused-ring (bicyclic) bond motifs is 2. The molecule has 29 heavy (non-hydrogen) atoms. The highest BCUT2D eigenvalue weighted by molar-refractivity contribution is 7.85. The first-order chi connectivity index (χ1) is 13.8. The van der Waals surface area contributed by atoms with Gasteiger partial charge in [0.2, 0.25) is 9.60 Å². The van der Waals surface area contributed by atoms with Crippen molar-refractivity contribution >= 4 is 65.9 Å². The zero-order valence-corrected chi connectivity index (χ0v) is 18.9. The van der Waals surface area contributed by atoms with Gasteiger partial charge in [0.15, 0.2) is 0 Å². The van der Waals surface area contributed by atoms with Crippen molar-refractivity contribution in [2.45, 2.75) is 36.7 Å². The number of thiol groups is 1. The lowest BCUT2D eigenvalue weighted by Gasteiger charge is -2.01. The molecule has 0 atom stereocenters. The molecular formula is C18H18N4O3S4. The second kappa shape index (κ2) is 7.73. The molecule has 0 aliphatic rings. The van der Waals surface area contributed by atoms with Gasteiger partial charge in [-0.25, -0.2) is 0 Å². The Bertz CT molecular complexity index is 1470. The van der Waals surface area contributed by atoms with Crippen molar-refractivity contribution in [2.24, 2.45) is 10.2 Å². The van der Waals surface area contributed by atoms with Gasteiger partial charge in [-0.05, 0) is 50.2 Å². The molecule has 2 heterocycles. The topological polar surface area (TPSA) is 88.9 Å².